The Morgan fingerprint density at radius 1 is 1.39 bits per heavy atom. The maximum Gasteiger partial charge on any atom is 0.275 e. The van der Waals surface area contributed by atoms with Crippen molar-refractivity contribution < 1.29 is 4.79 Å². The molecule has 2 heterocycles. The lowest BCUT2D eigenvalue weighted by molar-refractivity contribution is 0.102. The molecular formula is C11H8BrClN4O. The third-order valence-corrected chi connectivity index (χ3v) is 2.67. The number of hydrogen-bond donors (Lipinski definition) is 1. The summed E-state index contributed by atoms with van der Waals surface area (Å²) in [6, 6.07) is 5.01. The number of halogens is 2. The Hall–Kier alpha value is -1.53. The molecule has 2 aromatic heterocycles. The number of aromatic nitrogens is 3. The highest BCUT2D eigenvalue weighted by atomic mass is 79.9. The maximum atomic E-state index is 11.9. The molecule has 5 nitrogen and oxygen atoms in total. The molecule has 0 aromatic carbocycles. The van der Waals surface area contributed by atoms with Gasteiger partial charge in [0, 0.05) is 16.4 Å². The fraction of sp³-hybridized carbons (Fsp3) is 0.0909. The zero-order valence-electron chi connectivity index (χ0n) is 9.32. The van der Waals surface area contributed by atoms with Gasteiger partial charge in [-0.15, -0.1) is 0 Å². The second-order valence-electron chi connectivity index (χ2n) is 3.48. The highest BCUT2D eigenvalue weighted by molar-refractivity contribution is 9.10. The van der Waals surface area contributed by atoms with Crippen LogP contribution in [0, 0.1) is 6.92 Å². The van der Waals surface area contributed by atoms with Gasteiger partial charge in [-0.25, -0.2) is 15.0 Å². The smallest absolute Gasteiger partial charge is 0.275 e. The number of amides is 1. The molecule has 18 heavy (non-hydrogen) atoms. The van der Waals surface area contributed by atoms with Gasteiger partial charge in [-0.05, 0) is 52.7 Å². The Bertz CT molecular complexity index is 568. The predicted octanol–water partition coefficient (Wildman–Crippen LogP) is 2.85. The van der Waals surface area contributed by atoms with E-state index in [2.05, 4.69) is 36.2 Å². The van der Waals surface area contributed by atoms with Crippen LogP contribution in [0.2, 0.25) is 5.28 Å². The first-order valence-electron chi connectivity index (χ1n) is 4.99. The van der Waals surface area contributed by atoms with Gasteiger partial charge in [0.1, 0.15) is 11.5 Å². The first-order valence-corrected chi connectivity index (χ1v) is 6.16. The van der Waals surface area contributed by atoms with E-state index in [1.807, 2.05) is 0 Å². The summed E-state index contributed by atoms with van der Waals surface area (Å²) in [5, 5.41) is 2.67. The number of anilines is 1. The lowest BCUT2D eigenvalue weighted by Gasteiger charge is -2.04. The minimum Gasteiger partial charge on any atom is -0.305 e. The Kier molecular flexibility index (Phi) is 3.88. The van der Waals surface area contributed by atoms with Crippen molar-refractivity contribution in [2.24, 2.45) is 0 Å². The summed E-state index contributed by atoms with van der Waals surface area (Å²) >= 11 is 8.96. The van der Waals surface area contributed by atoms with E-state index in [9.17, 15) is 4.79 Å². The lowest BCUT2D eigenvalue weighted by Crippen LogP contribution is -2.15. The molecule has 2 aromatic rings. The number of nitrogens with zero attached hydrogens (tertiary/aromatic N) is 3. The summed E-state index contributed by atoms with van der Waals surface area (Å²) in [5.74, 6) is 0.0628. The number of carbonyl (C=O) groups is 1. The van der Waals surface area contributed by atoms with Crippen molar-refractivity contribution in [1.82, 2.24) is 15.0 Å². The van der Waals surface area contributed by atoms with E-state index < -0.39 is 0 Å². The molecule has 2 rings (SSSR count). The number of aryl methyl sites for hydroxylation is 1. The van der Waals surface area contributed by atoms with Crippen LogP contribution in [-0.4, -0.2) is 20.9 Å². The van der Waals surface area contributed by atoms with E-state index >= 15 is 0 Å². The molecule has 1 N–H and O–H groups in total. The van der Waals surface area contributed by atoms with E-state index in [1.165, 1.54) is 0 Å². The molecular weight excluding hydrogens is 320 g/mol. The highest BCUT2D eigenvalue weighted by Crippen LogP contribution is 2.12. The number of rotatable bonds is 2. The van der Waals surface area contributed by atoms with E-state index in [-0.39, 0.29) is 16.9 Å². The maximum absolute atomic E-state index is 11.9. The molecule has 1 amide bonds. The second-order valence-corrected chi connectivity index (χ2v) is 4.73. The van der Waals surface area contributed by atoms with Crippen molar-refractivity contribution >= 4 is 39.3 Å². The summed E-state index contributed by atoms with van der Waals surface area (Å²) < 4.78 is 0.835. The minimum absolute atomic E-state index is 0.0453. The van der Waals surface area contributed by atoms with Crippen molar-refractivity contribution in [3.8, 4) is 0 Å². The van der Waals surface area contributed by atoms with Crippen molar-refractivity contribution in [2.75, 3.05) is 5.32 Å². The SMILES string of the molecule is Cc1cc(C(=O)Nc2ccc(Br)cn2)nc(Cl)n1. The molecule has 0 atom stereocenters. The topological polar surface area (TPSA) is 67.8 Å². The van der Waals surface area contributed by atoms with Crippen LogP contribution in [0.4, 0.5) is 5.82 Å². The van der Waals surface area contributed by atoms with Crippen LogP contribution in [0.15, 0.2) is 28.9 Å². The van der Waals surface area contributed by atoms with Gasteiger partial charge in [0.25, 0.3) is 5.91 Å². The van der Waals surface area contributed by atoms with E-state index in [1.54, 1.807) is 31.3 Å². The van der Waals surface area contributed by atoms with Crippen molar-refractivity contribution in [3.63, 3.8) is 0 Å². The molecule has 0 saturated heterocycles. The van der Waals surface area contributed by atoms with Gasteiger partial charge in [-0.3, -0.25) is 4.79 Å². The van der Waals surface area contributed by atoms with Gasteiger partial charge < -0.3 is 5.32 Å². The molecule has 0 bridgehead atoms. The summed E-state index contributed by atoms with van der Waals surface area (Å²) in [4.78, 5) is 23.7. The van der Waals surface area contributed by atoms with Crippen LogP contribution in [0.25, 0.3) is 0 Å². The monoisotopic (exact) mass is 326 g/mol. The van der Waals surface area contributed by atoms with Gasteiger partial charge in [0.15, 0.2) is 0 Å². The number of pyridine rings is 1. The number of hydrogen-bond acceptors (Lipinski definition) is 4. The van der Waals surface area contributed by atoms with Crippen molar-refractivity contribution in [2.45, 2.75) is 6.92 Å². The van der Waals surface area contributed by atoms with Gasteiger partial charge >= 0.3 is 0 Å². The molecule has 0 saturated carbocycles. The molecule has 92 valence electrons. The van der Waals surface area contributed by atoms with Crippen molar-refractivity contribution in [1.29, 1.82) is 0 Å². The van der Waals surface area contributed by atoms with E-state index in [4.69, 9.17) is 11.6 Å². The molecule has 0 radical (unpaired) electrons. The summed E-state index contributed by atoms with van der Waals surface area (Å²) in [5.41, 5.74) is 0.834. The van der Waals surface area contributed by atoms with Gasteiger partial charge in [0.05, 0.1) is 0 Å². The quantitative estimate of drug-likeness (QED) is 0.861. The van der Waals surface area contributed by atoms with Crippen LogP contribution >= 0.6 is 27.5 Å². The Balaban J connectivity index is 2.19. The van der Waals surface area contributed by atoms with E-state index in [0.717, 1.165) is 4.47 Å². The van der Waals surface area contributed by atoms with Crippen LogP contribution in [0.1, 0.15) is 16.2 Å². The van der Waals surface area contributed by atoms with Gasteiger partial charge in [0.2, 0.25) is 5.28 Å². The zero-order chi connectivity index (χ0) is 13.1. The third-order valence-electron chi connectivity index (χ3n) is 2.03. The van der Waals surface area contributed by atoms with Gasteiger partial charge in [-0.2, -0.15) is 0 Å². The molecule has 0 aliphatic heterocycles. The normalized spacial score (nSPS) is 10.2. The Labute approximate surface area is 117 Å². The molecule has 7 heteroatoms. The standard InChI is InChI=1S/C11H8BrClN4O/c1-6-4-8(16-11(13)15-6)10(18)17-9-3-2-7(12)5-14-9/h2-5H,1H3,(H,14,17,18). The third kappa shape index (κ3) is 3.24. The average molecular weight is 328 g/mol. The van der Waals surface area contributed by atoms with E-state index in [0.29, 0.717) is 11.5 Å². The average Bonchev–Trinajstić information content (AvgIpc) is 2.31. The predicted molar refractivity (Wildman–Crippen MR) is 71.7 cm³/mol. The first kappa shape index (κ1) is 12.9. The summed E-state index contributed by atoms with van der Waals surface area (Å²) in [6.45, 7) is 1.74. The lowest BCUT2D eigenvalue weighted by atomic mass is 10.3. The largest absolute Gasteiger partial charge is 0.305 e. The first-order chi connectivity index (χ1) is 8.54. The minimum atomic E-state index is -0.378. The van der Waals surface area contributed by atoms with Crippen LogP contribution in [0.3, 0.4) is 0 Å². The molecule has 0 aliphatic carbocycles. The second kappa shape index (κ2) is 5.41. The number of nitrogens with one attached hydrogen (secondary N) is 1. The Morgan fingerprint density at radius 2 is 2.17 bits per heavy atom. The highest BCUT2D eigenvalue weighted by Gasteiger charge is 2.10. The van der Waals surface area contributed by atoms with Crippen LogP contribution < -0.4 is 5.32 Å². The summed E-state index contributed by atoms with van der Waals surface area (Å²) in [6.07, 6.45) is 1.59. The summed E-state index contributed by atoms with van der Waals surface area (Å²) in [7, 11) is 0. The fourth-order valence-corrected chi connectivity index (χ4v) is 1.74. The molecule has 0 spiro atoms. The zero-order valence-corrected chi connectivity index (χ0v) is 11.7. The Morgan fingerprint density at radius 3 is 2.78 bits per heavy atom. The van der Waals surface area contributed by atoms with Gasteiger partial charge in [-0.1, -0.05) is 0 Å². The molecule has 0 unspecified atom stereocenters. The van der Waals surface area contributed by atoms with Crippen LogP contribution in [-0.2, 0) is 0 Å². The number of carbonyl (C=O) groups excluding carboxylic acids is 1. The fourth-order valence-electron chi connectivity index (χ4n) is 1.28. The molecule has 0 aliphatic rings. The molecule has 0 fully saturated rings. The van der Waals surface area contributed by atoms with Crippen molar-refractivity contribution in [3.05, 3.63) is 45.5 Å². The van der Waals surface area contributed by atoms with Crippen LogP contribution in [0.5, 0.6) is 0 Å².